The molecule has 12 heavy (non-hydrogen) atoms. The lowest BCUT2D eigenvalue weighted by atomic mass is 10.7. The summed E-state index contributed by atoms with van der Waals surface area (Å²) < 4.78 is 3.50. The van der Waals surface area contributed by atoms with Crippen LogP contribution in [0.1, 0.15) is 0 Å². The summed E-state index contributed by atoms with van der Waals surface area (Å²) in [7, 11) is 1.79. The van der Waals surface area contributed by atoms with Crippen molar-refractivity contribution in [3.8, 4) is 0 Å². The average molecular weight is 162 g/mol. The van der Waals surface area contributed by atoms with Crippen LogP contribution in [0.4, 0.5) is 5.82 Å². The highest BCUT2D eigenvalue weighted by molar-refractivity contribution is 5.49. The maximum absolute atomic E-state index is 9.99. The molecule has 2 heterocycles. The summed E-state index contributed by atoms with van der Waals surface area (Å²) in [6.07, 6.45) is 6.68. The number of fused-ring (bicyclic) bond motifs is 1. The zero-order chi connectivity index (χ0) is 8.55. The maximum atomic E-state index is 9.99. The van der Waals surface area contributed by atoms with E-state index in [0.717, 1.165) is 5.78 Å². The van der Waals surface area contributed by atoms with Gasteiger partial charge in [0.15, 0.2) is 5.82 Å². The zero-order valence-electron chi connectivity index (χ0n) is 6.43. The van der Waals surface area contributed by atoms with E-state index < -0.39 is 0 Å². The molecule has 0 fully saturated rings. The first-order valence-corrected chi connectivity index (χ1v) is 3.39. The summed E-state index contributed by atoms with van der Waals surface area (Å²) in [6.45, 7) is 0. The molecular weight excluding hydrogens is 156 g/mol. The minimum atomic E-state index is 0.549. The molecule has 0 saturated heterocycles. The lowest BCUT2D eigenvalue weighted by molar-refractivity contribution is 0.565. The van der Waals surface area contributed by atoms with Gasteiger partial charge < -0.3 is 0 Å². The maximum Gasteiger partial charge on any atom is 0.242 e. The highest BCUT2D eigenvalue weighted by Gasteiger charge is 2.03. The molecule has 0 aliphatic carbocycles. The second kappa shape index (κ2) is 2.32. The molecule has 2 aromatic rings. The smallest absolute Gasteiger partial charge is 0.242 e. The van der Waals surface area contributed by atoms with Gasteiger partial charge in [0.1, 0.15) is 0 Å². The molecule has 5 nitrogen and oxygen atoms in total. The van der Waals surface area contributed by atoms with Gasteiger partial charge in [-0.3, -0.25) is 8.97 Å². The SMILES string of the molecule is Cn1c(N=C=O)cn2ccnc12. The quantitative estimate of drug-likeness (QED) is 0.456. The van der Waals surface area contributed by atoms with E-state index in [9.17, 15) is 4.79 Å². The summed E-state index contributed by atoms with van der Waals surface area (Å²) in [6, 6.07) is 0. The average Bonchev–Trinajstić information content (AvgIpc) is 2.58. The second-order valence-electron chi connectivity index (χ2n) is 2.38. The van der Waals surface area contributed by atoms with Crippen molar-refractivity contribution in [2.75, 3.05) is 0 Å². The molecule has 0 aliphatic heterocycles. The van der Waals surface area contributed by atoms with Crippen LogP contribution in [0, 0.1) is 0 Å². The number of hydrogen-bond donors (Lipinski definition) is 0. The van der Waals surface area contributed by atoms with E-state index in [1.54, 1.807) is 34.6 Å². The molecule has 2 rings (SSSR count). The van der Waals surface area contributed by atoms with Crippen LogP contribution in [0.2, 0.25) is 0 Å². The molecule has 0 N–H and O–H groups in total. The Morgan fingerprint density at radius 1 is 1.67 bits per heavy atom. The van der Waals surface area contributed by atoms with E-state index in [4.69, 9.17) is 0 Å². The summed E-state index contributed by atoms with van der Waals surface area (Å²) in [4.78, 5) is 17.6. The Hall–Kier alpha value is -1.87. The van der Waals surface area contributed by atoms with Gasteiger partial charge in [0.05, 0.1) is 6.20 Å². The number of carbonyl (C=O) groups excluding carboxylic acids is 1. The minimum Gasteiger partial charge on any atom is -0.297 e. The van der Waals surface area contributed by atoms with E-state index in [0.29, 0.717) is 5.82 Å². The zero-order valence-corrected chi connectivity index (χ0v) is 6.43. The van der Waals surface area contributed by atoms with Crippen LogP contribution in [-0.4, -0.2) is 20.0 Å². The van der Waals surface area contributed by atoms with Gasteiger partial charge in [-0.05, 0) is 0 Å². The first-order valence-electron chi connectivity index (χ1n) is 3.39. The van der Waals surface area contributed by atoms with Gasteiger partial charge in [0, 0.05) is 19.4 Å². The van der Waals surface area contributed by atoms with Gasteiger partial charge in [0.25, 0.3) is 0 Å². The molecule has 0 saturated carbocycles. The van der Waals surface area contributed by atoms with E-state index in [2.05, 4.69) is 9.98 Å². The van der Waals surface area contributed by atoms with Crippen LogP contribution in [0.25, 0.3) is 5.78 Å². The number of aryl methyl sites for hydroxylation is 1. The number of hydrogen-bond acceptors (Lipinski definition) is 3. The van der Waals surface area contributed by atoms with Crippen molar-refractivity contribution in [3.05, 3.63) is 18.6 Å². The molecular formula is C7H6N4O. The van der Waals surface area contributed by atoms with E-state index in [1.807, 2.05) is 0 Å². The van der Waals surface area contributed by atoms with Crippen LogP contribution >= 0.6 is 0 Å². The van der Waals surface area contributed by atoms with Crippen LogP contribution < -0.4 is 0 Å². The van der Waals surface area contributed by atoms with E-state index >= 15 is 0 Å². The largest absolute Gasteiger partial charge is 0.297 e. The highest BCUT2D eigenvalue weighted by Crippen LogP contribution is 2.14. The standard InChI is InChI=1S/C7H6N4O/c1-10-6(9-5-12)4-11-3-2-8-7(10)11/h2-4H,1H3. The summed E-state index contributed by atoms with van der Waals surface area (Å²) in [5.41, 5.74) is 0. The minimum absolute atomic E-state index is 0.549. The number of rotatable bonds is 1. The first-order chi connectivity index (χ1) is 5.83. The van der Waals surface area contributed by atoms with Gasteiger partial charge >= 0.3 is 0 Å². The van der Waals surface area contributed by atoms with Crippen LogP contribution in [0.3, 0.4) is 0 Å². The molecule has 0 unspecified atom stereocenters. The number of isocyanates is 1. The summed E-state index contributed by atoms with van der Waals surface area (Å²) >= 11 is 0. The predicted octanol–water partition coefficient (Wildman–Crippen LogP) is 0.640. The molecule has 0 aliphatic rings. The Morgan fingerprint density at radius 2 is 2.50 bits per heavy atom. The van der Waals surface area contributed by atoms with Crippen LogP contribution in [0.5, 0.6) is 0 Å². The van der Waals surface area contributed by atoms with Crippen molar-refractivity contribution in [1.29, 1.82) is 0 Å². The monoisotopic (exact) mass is 162 g/mol. The summed E-state index contributed by atoms with van der Waals surface area (Å²) in [5, 5.41) is 0. The van der Waals surface area contributed by atoms with Crippen molar-refractivity contribution < 1.29 is 4.79 Å². The number of aromatic nitrogens is 3. The fourth-order valence-corrected chi connectivity index (χ4v) is 1.13. The van der Waals surface area contributed by atoms with Crippen molar-refractivity contribution in [1.82, 2.24) is 14.0 Å². The highest BCUT2D eigenvalue weighted by atomic mass is 16.1. The van der Waals surface area contributed by atoms with Gasteiger partial charge in [-0.2, -0.15) is 0 Å². The van der Waals surface area contributed by atoms with Crippen molar-refractivity contribution in [2.45, 2.75) is 0 Å². The molecule has 60 valence electrons. The Kier molecular flexibility index (Phi) is 1.32. The molecule has 2 aromatic heterocycles. The molecule has 0 spiro atoms. The molecule has 0 radical (unpaired) electrons. The number of imidazole rings is 2. The third-order valence-electron chi connectivity index (χ3n) is 1.71. The topological polar surface area (TPSA) is 51.7 Å². The second-order valence-corrected chi connectivity index (χ2v) is 2.38. The third kappa shape index (κ3) is 0.773. The molecule has 0 atom stereocenters. The Morgan fingerprint density at radius 3 is 3.17 bits per heavy atom. The molecule has 0 amide bonds. The van der Waals surface area contributed by atoms with Crippen molar-refractivity contribution in [2.24, 2.45) is 12.0 Å². The lowest BCUT2D eigenvalue weighted by Gasteiger charge is -1.90. The number of aliphatic imine (C=N–C) groups is 1. The molecule has 5 heteroatoms. The van der Waals surface area contributed by atoms with Gasteiger partial charge in [-0.1, -0.05) is 0 Å². The number of nitrogens with zero attached hydrogens (tertiary/aromatic N) is 4. The van der Waals surface area contributed by atoms with Gasteiger partial charge in [-0.15, -0.1) is 4.99 Å². The molecule has 0 aromatic carbocycles. The van der Waals surface area contributed by atoms with Crippen LogP contribution in [-0.2, 0) is 11.8 Å². The molecule has 0 bridgehead atoms. The lowest BCUT2D eigenvalue weighted by Crippen LogP contribution is -1.87. The Bertz CT molecular complexity index is 461. The third-order valence-corrected chi connectivity index (χ3v) is 1.71. The predicted molar refractivity (Wildman–Crippen MR) is 41.9 cm³/mol. The van der Waals surface area contributed by atoms with E-state index in [-0.39, 0.29) is 0 Å². The first kappa shape index (κ1) is 6.82. The van der Waals surface area contributed by atoms with E-state index in [1.165, 1.54) is 6.08 Å². The normalized spacial score (nSPS) is 10.1. The fraction of sp³-hybridized carbons (Fsp3) is 0.143. The van der Waals surface area contributed by atoms with Gasteiger partial charge in [-0.25, -0.2) is 9.78 Å². The van der Waals surface area contributed by atoms with Gasteiger partial charge in [0.2, 0.25) is 11.9 Å². The summed E-state index contributed by atoms with van der Waals surface area (Å²) in [5.74, 6) is 1.30. The van der Waals surface area contributed by atoms with Crippen LogP contribution in [0.15, 0.2) is 23.6 Å². The van der Waals surface area contributed by atoms with Crippen molar-refractivity contribution >= 4 is 17.7 Å². The Balaban J connectivity index is 2.78. The fourth-order valence-electron chi connectivity index (χ4n) is 1.13. The Labute approximate surface area is 68.0 Å². The van der Waals surface area contributed by atoms with Crippen molar-refractivity contribution in [3.63, 3.8) is 0 Å².